The molecule has 2 N–H and O–H groups in total. The summed E-state index contributed by atoms with van der Waals surface area (Å²) in [4.78, 5) is 15.9. The Morgan fingerprint density at radius 2 is 2.05 bits per heavy atom. The van der Waals surface area contributed by atoms with Crippen LogP contribution in [0, 0.1) is 0 Å². The van der Waals surface area contributed by atoms with E-state index < -0.39 is 0 Å². The first kappa shape index (κ1) is 17.3. The number of amides is 1. The molecule has 0 fully saturated rings. The summed E-state index contributed by atoms with van der Waals surface area (Å²) in [5, 5.41) is 0. The maximum Gasteiger partial charge on any atom is 0.253 e. The molecule has 1 amide bonds. The molecule has 1 rings (SSSR count). The van der Waals surface area contributed by atoms with Crippen LogP contribution in [0.15, 0.2) is 18.2 Å². The summed E-state index contributed by atoms with van der Waals surface area (Å²) in [5.74, 6) is -0.0212. The number of ether oxygens (including phenoxy) is 1. The van der Waals surface area contributed by atoms with Crippen molar-refractivity contribution in [3.8, 4) is 0 Å². The molecule has 0 spiro atoms. The highest BCUT2D eigenvalue weighted by atomic mass is 16.5. The Hall–Kier alpha value is -1.75. The fourth-order valence-corrected chi connectivity index (χ4v) is 2.17. The van der Waals surface area contributed by atoms with Crippen LogP contribution in [-0.2, 0) is 4.74 Å². The van der Waals surface area contributed by atoms with Crippen molar-refractivity contribution in [1.29, 1.82) is 0 Å². The summed E-state index contributed by atoms with van der Waals surface area (Å²) in [5.41, 5.74) is 8.35. The number of benzene rings is 1. The molecule has 0 aromatic heterocycles. The summed E-state index contributed by atoms with van der Waals surface area (Å²) in [6, 6.07) is 5.77. The number of nitrogens with zero attached hydrogens (tertiary/aromatic N) is 2. The highest BCUT2D eigenvalue weighted by Crippen LogP contribution is 2.27. The summed E-state index contributed by atoms with van der Waals surface area (Å²) < 4.78 is 5.19. The van der Waals surface area contributed by atoms with Gasteiger partial charge in [-0.15, -0.1) is 0 Å². The third-order valence-corrected chi connectivity index (χ3v) is 3.65. The van der Waals surface area contributed by atoms with Gasteiger partial charge in [0.1, 0.15) is 0 Å². The molecule has 1 atom stereocenters. The Labute approximate surface area is 127 Å². The lowest BCUT2D eigenvalue weighted by Gasteiger charge is -2.32. The van der Waals surface area contributed by atoms with Gasteiger partial charge in [-0.1, -0.05) is 6.92 Å². The third-order valence-electron chi connectivity index (χ3n) is 3.65. The molecular weight excluding hydrogens is 266 g/mol. The molecule has 1 unspecified atom stereocenters. The van der Waals surface area contributed by atoms with Crippen molar-refractivity contribution < 1.29 is 9.53 Å². The van der Waals surface area contributed by atoms with Gasteiger partial charge < -0.3 is 20.3 Å². The SMILES string of the molecule is CCC(C)N(CCOC)c1cc(C(=O)N(C)C)ccc1N. The largest absolute Gasteiger partial charge is 0.397 e. The number of anilines is 2. The monoisotopic (exact) mass is 293 g/mol. The quantitative estimate of drug-likeness (QED) is 0.783. The van der Waals surface area contributed by atoms with Gasteiger partial charge in [0.15, 0.2) is 0 Å². The van der Waals surface area contributed by atoms with Crippen LogP contribution >= 0.6 is 0 Å². The first-order chi connectivity index (χ1) is 9.92. The number of nitrogen functional groups attached to an aromatic ring is 1. The lowest BCUT2D eigenvalue weighted by atomic mass is 10.1. The second-order valence-electron chi connectivity index (χ2n) is 5.42. The minimum absolute atomic E-state index is 0.0212. The van der Waals surface area contributed by atoms with Crippen molar-refractivity contribution in [1.82, 2.24) is 4.90 Å². The van der Waals surface area contributed by atoms with Gasteiger partial charge in [-0.05, 0) is 31.5 Å². The van der Waals surface area contributed by atoms with Crippen LogP contribution in [0.25, 0.3) is 0 Å². The van der Waals surface area contributed by atoms with Crippen molar-refractivity contribution in [2.75, 3.05) is 45.0 Å². The number of carbonyl (C=O) groups is 1. The summed E-state index contributed by atoms with van der Waals surface area (Å²) in [6.07, 6.45) is 0.995. The zero-order valence-electron chi connectivity index (χ0n) is 13.7. The Morgan fingerprint density at radius 3 is 2.57 bits per heavy atom. The van der Waals surface area contributed by atoms with Crippen molar-refractivity contribution in [3.05, 3.63) is 23.8 Å². The fraction of sp³-hybridized carbons (Fsp3) is 0.562. The second-order valence-corrected chi connectivity index (χ2v) is 5.42. The van der Waals surface area contributed by atoms with E-state index in [1.54, 1.807) is 38.2 Å². The Balaban J connectivity index is 3.17. The predicted octanol–water partition coefficient (Wildman–Crippen LogP) is 2.22. The van der Waals surface area contributed by atoms with Crippen molar-refractivity contribution in [3.63, 3.8) is 0 Å². The zero-order valence-corrected chi connectivity index (χ0v) is 13.7. The maximum absolute atomic E-state index is 12.1. The lowest BCUT2D eigenvalue weighted by Crippen LogP contribution is -2.36. The normalized spacial score (nSPS) is 12.0. The molecule has 0 radical (unpaired) electrons. The van der Waals surface area contributed by atoms with E-state index in [0.29, 0.717) is 23.9 Å². The molecule has 0 heterocycles. The Morgan fingerprint density at radius 1 is 1.38 bits per heavy atom. The molecule has 0 saturated heterocycles. The van der Waals surface area contributed by atoms with Crippen LogP contribution in [-0.4, -0.2) is 51.2 Å². The van der Waals surface area contributed by atoms with Crippen molar-refractivity contribution in [2.45, 2.75) is 26.3 Å². The van der Waals surface area contributed by atoms with Crippen LogP contribution < -0.4 is 10.6 Å². The van der Waals surface area contributed by atoms with Gasteiger partial charge >= 0.3 is 0 Å². The molecule has 0 bridgehead atoms. The van der Waals surface area contributed by atoms with Gasteiger partial charge in [-0.2, -0.15) is 0 Å². The van der Waals surface area contributed by atoms with Gasteiger partial charge in [0.2, 0.25) is 0 Å². The van der Waals surface area contributed by atoms with Crippen LogP contribution in [0.2, 0.25) is 0 Å². The molecule has 0 aliphatic heterocycles. The van der Waals surface area contributed by atoms with Crippen LogP contribution in [0.3, 0.4) is 0 Å². The topological polar surface area (TPSA) is 58.8 Å². The number of hydrogen-bond acceptors (Lipinski definition) is 4. The van der Waals surface area contributed by atoms with Crippen molar-refractivity contribution in [2.24, 2.45) is 0 Å². The van der Waals surface area contributed by atoms with Gasteiger partial charge in [0, 0.05) is 39.4 Å². The third kappa shape index (κ3) is 4.36. The molecule has 0 saturated carbocycles. The summed E-state index contributed by atoms with van der Waals surface area (Å²) >= 11 is 0. The maximum atomic E-state index is 12.1. The number of nitrogens with two attached hydrogens (primary N) is 1. The summed E-state index contributed by atoms with van der Waals surface area (Å²) in [7, 11) is 5.18. The zero-order chi connectivity index (χ0) is 16.0. The molecule has 21 heavy (non-hydrogen) atoms. The first-order valence-electron chi connectivity index (χ1n) is 7.29. The minimum Gasteiger partial charge on any atom is -0.397 e. The average molecular weight is 293 g/mol. The van der Waals surface area contributed by atoms with Gasteiger partial charge in [0.25, 0.3) is 5.91 Å². The van der Waals surface area contributed by atoms with E-state index in [9.17, 15) is 4.79 Å². The van der Waals surface area contributed by atoms with E-state index in [-0.39, 0.29) is 5.91 Å². The number of hydrogen-bond donors (Lipinski definition) is 1. The molecule has 0 aliphatic carbocycles. The molecule has 5 nitrogen and oxygen atoms in total. The van der Waals surface area contributed by atoms with Crippen LogP contribution in [0.4, 0.5) is 11.4 Å². The average Bonchev–Trinajstić information content (AvgIpc) is 2.47. The van der Waals surface area contributed by atoms with Crippen LogP contribution in [0.5, 0.6) is 0 Å². The van der Waals surface area contributed by atoms with Crippen LogP contribution in [0.1, 0.15) is 30.6 Å². The van der Waals surface area contributed by atoms with E-state index in [1.165, 1.54) is 0 Å². The van der Waals surface area contributed by atoms with Crippen molar-refractivity contribution >= 4 is 17.3 Å². The smallest absolute Gasteiger partial charge is 0.253 e. The molecule has 1 aromatic rings. The highest BCUT2D eigenvalue weighted by molar-refractivity contribution is 5.96. The molecule has 5 heteroatoms. The minimum atomic E-state index is -0.0212. The standard InChI is InChI=1S/C16H27N3O2/c1-6-12(2)19(9-10-21-5)15-11-13(7-8-14(15)17)16(20)18(3)4/h7-8,11-12H,6,9-10,17H2,1-5H3. The number of methoxy groups -OCH3 is 1. The Bertz CT molecular complexity index is 475. The molecular formula is C16H27N3O2. The second kappa shape index (κ2) is 7.88. The summed E-state index contributed by atoms with van der Waals surface area (Å²) in [6.45, 7) is 5.65. The van der Waals surface area contributed by atoms with E-state index in [4.69, 9.17) is 10.5 Å². The van der Waals surface area contributed by atoms with E-state index in [0.717, 1.165) is 18.7 Å². The van der Waals surface area contributed by atoms with E-state index >= 15 is 0 Å². The van der Waals surface area contributed by atoms with Gasteiger partial charge in [-0.3, -0.25) is 4.79 Å². The van der Waals surface area contributed by atoms with Gasteiger partial charge in [-0.25, -0.2) is 0 Å². The van der Waals surface area contributed by atoms with Gasteiger partial charge in [0.05, 0.1) is 18.0 Å². The molecule has 1 aromatic carbocycles. The van der Waals surface area contributed by atoms with E-state index in [1.807, 2.05) is 6.07 Å². The van der Waals surface area contributed by atoms with E-state index in [2.05, 4.69) is 18.7 Å². The molecule has 0 aliphatic rings. The molecule has 118 valence electrons. The highest BCUT2D eigenvalue weighted by Gasteiger charge is 2.18. The number of rotatable bonds is 7. The fourth-order valence-electron chi connectivity index (χ4n) is 2.17. The lowest BCUT2D eigenvalue weighted by molar-refractivity contribution is 0.0827. The number of carbonyl (C=O) groups excluding carboxylic acids is 1. The predicted molar refractivity (Wildman–Crippen MR) is 87.8 cm³/mol. The Kier molecular flexibility index (Phi) is 6.49. The first-order valence-corrected chi connectivity index (χ1v) is 7.29.